The van der Waals surface area contributed by atoms with Crippen molar-refractivity contribution in [1.29, 1.82) is 0 Å². The number of hydrogen-bond donors (Lipinski definition) is 2. The summed E-state index contributed by atoms with van der Waals surface area (Å²) >= 11 is 12.0. The van der Waals surface area contributed by atoms with Crippen molar-refractivity contribution in [3.05, 3.63) is 63.6 Å². The van der Waals surface area contributed by atoms with Gasteiger partial charge in [-0.25, -0.2) is 0 Å². The monoisotopic (exact) mass is 324 g/mol. The summed E-state index contributed by atoms with van der Waals surface area (Å²) in [5.41, 5.74) is 4.92. The van der Waals surface area contributed by atoms with Crippen molar-refractivity contribution in [2.75, 3.05) is 6.61 Å². The molecular weight excluding hydrogens is 307 g/mol. The first-order valence-electron chi connectivity index (χ1n) is 6.77. The number of rotatable bonds is 6. The molecule has 0 saturated carbocycles. The van der Waals surface area contributed by atoms with Gasteiger partial charge >= 0.3 is 0 Å². The van der Waals surface area contributed by atoms with Crippen LogP contribution in [0.1, 0.15) is 24.1 Å². The zero-order valence-electron chi connectivity index (χ0n) is 11.8. The Labute approximate surface area is 135 Å². The van der Waals surface area contributed by atoms with E-state index in [1.54, 1.807) is 6.07 Å². The van der Waals surface area contributed by atoms with Crippen LogP contribution in [0.5, 0.6) is 5.75 Å². The van der Waals surface area contributed by atoms with E-state index in [4.69, 9.17) is 33.8 Å². The normalized spacial score (nSPS) is 12.2. The summed E-state index contributed by atoms with van der Waals surface area (Å²) in [5, 5.41) is 1.09. The van der Waals surface area contributed by atoms with Gasteiger partial charge in [-0.1, -0.05) is 47.5 Å². The molecule has 0 aliphatic rings. The first-order valence-corrected chi connectivity index (χ1v) is 7.53. The molecule has 0 bridgehead atoms. The molecule has 112 valence electrons. The van der Waals surface area contributed by atoms with E-state index in [-0.39, 0.29) is 6.04 Å². The summed E-state index contributed by atoms with van der Waals surface area (Å²) in [6, 6.07) is 13.4. The van der Waals surface area contributed by atoms with Gasteiger partial charge in [0.2, 0.25) is 0 Å². The molecular formula is C16H18Cl2N2O. The second-order valence-electron chi connectivity index (χ2n) is 4.64. The summed E-state index contributed by atoms with van der Waals surface area (Å²) in [6.45, 7) is 2.57. The minimum atomic E-state index is -0.0648. The Kier molecular flexibility index (Phi) is 5.88. The first kappa shape index (κ1) is 16.1. The highest BCUT2D eigenvalue weighted by Gasteiger charge is 2.15. The van der Waals surface area contributed by atoms with Crippen LogP contribution in [0.3, 0.4) is 0 Å². The summed E-state index contributed by atoms with van der Waals surface area (Å²) in [4.78, 5) is 0. The van der Waals surface area contributed by atoms with Gasteiger partial charge in [-0.2, -0.15) is 0 Å². The Bertz CT molecular complexity index is 605. The topological polar surface area (TPSA) is 47.3 Å². The Morgan fingerprint density at radius 1 is 1.14 bits per heavy atom. The molecule has 3 nitrogen and oxygen atoms in total. The van der Waals surface area contributed by atoms with Crippen LogP contribution in [0.15, 0.2) is 42.5 Å². The Hall–Kier alpha value is -1.26. The molecule has 0 fully saturated rings. The molecule has 0 spiro atoms. The van der Waals surface area contributed by atoms with E-state index in [1.165, 1.54) is 0 Å². The lowest BCUT2D eigenvalue weighted by Gasteiger charge is -2.20. The average Bonchev–Trinajstić information content (AvgIpc) is 2.49. The van der Waals surface area contributed by atoms with Crippen LogP contribution < -0.4 is 16.0 Å². The Morgan fingerprint density at radius 3 is 2.57 bits per heavy atom. The molecule has 0 radical (unpaired) electrons. The third-order valence-electron chi connectivity index (χ3n) is 3.22. The maximum atomic E-state index is 6.06. The lowest BCUT2D eigenvalue weighted by molar-refractivity contribution is 0.331. The van der Waals surface area contributed by atoms with E-state index in [2.05, 4.69) is 5.43 Å². The molecule has 3 N–H and O–H groups in total. The number of nitrogens with one attached hydrogen (secondary N) is 1. The number of benzene rings is 2. The Balaban J connectivity index is 2.25. The van der Waals surface area contributed by atoms with Gasteiger partial charge in [-0.15, -0.1) is 0 Å². The minimum Gasteiger partial charge on any atom is -0.494 e. The zero-order chi connectivity index (χ0) is 15.2. The number of hydrazine groups is 1. The van der Waals surface area contributed by atoms with Crippen molar-refractivity contribution in [2.24, 2.45) is 5.84 Å². The maximum Gasteiger partial charge on any atom is 0.124 e. The van der Waals surface area contributed by atoms with Crippen molar-refractivity contribution in [1.82, 2.24) is 5.43 Å². The van der Waals surface area contributed by atoms with Crippen LogP contribution >= 0.6 is 23.2 Å². The number of para-hydroxylation sites is 1. The van der Waals surface area contributed by atoms with Crippen LogP contribution in [0.2, 0.25) is 10.0 Å². The van der Waals surface area contributed by atoms with Gasteiger partial charge in [-0.05, 0) is 37.1 Å². The Morgan fingerprint density at radius 2 is 1.90 bits per heavy atom. The summed E-state index contributed by atoms with van der Waals surface area (Å²) in [5.74, 6) is 6.56. The molecule has 5 heteroatoms. The molecule has 0 heterocycles. The molecule has 2 aromatic rings. The second kappa shape index (κ2) is 7.66. The summed E-state index contributed by atoms with van der Waals surface area (Å²) in [7, 11) is 0. The molecule has 0 aromatic heterocycles. The van der Waals surface area contributed by atoms with Crippen molar-refractivity contribution >= 4 is 23.2 Å². The molecule has 0 aliphatic carbocycles. The van der Waals surface area contributed by atoms with Crippen LogP contribution in [0.25, 0.3) is 0 Å². The lowest BCUT2D eigenvalue weighted by Crippen LogP contribution is -2.30. The molecule has 0 saturated heterocycles. The van der Waals surface area contributed by atoms with Gasteiger partial charge in [0.25, 0.3) is 0 Å². The van der Waals surface area contributed by atoms with Crippen molar-refractivity contribution in [3.8, 4) is 5.75 Å². The lowest BCUT2D eigenvalue weighted by atomic mass is 9.98. The standard InChI is InChI=1S/C16H18Cl2N2O/c1-2-21-16-6-4-3-5-12(16)15(20-19)10-11-7-8-13(17)14(18)9-11/h3-9,15,20H,2,10,19H2,1H3. The quantitative estimate of drug-likeness (QED) is 0.620. The fourth-order valence-corrected chi connectivity index (χ4v) is 2.54. The number of nitrogens with two attached hydrogens (primary N) is 1. The van der Waals surface area contributed by atoms with Gasteiger partial charge in [0, 0.05) is 5.56 Å². The van der Waals surface area contributed by atoms with Crippen LogP contribution in [-0.2, 0) is 6.42 Å². The largest absolute Gasteiger partial charge is 0.494 e. The fraction of sp³-hybridized carbons (Fsp3) is 0.250. The first-order chi connectivity index (χ1) is 10.2. The van der Waals surface area contributed by atoms with Crippen molar-refractivity contribution < 1.29 is 4.74 Å². The average molecular weight is 325 g/mol. The SMILES string of the molecule is CCOc1ccccc1C(Cc1ccc(Cl)c(Cl)c1)NN. The predicted octanol–water partition coefficient (Wildman–Crippen LogP) is 4.14. The smallest absolute Gasteiger partial charge is 0.124 e. The molecule has 0 aliphatic heterocycles. The summed E-state index contributed by atoms with van der Waals surface area (Å²) < 4.78 is 5.66. The van der Waals surface area contributed by atoms with Crippen molar-refractivity contribution in [3.63, 3.8) is 0 Å². The molecule has 0 amide bonds. The molecule has 2 aromatic carbocycles. The molecule has 1 atom stereocenters. The highest BCUT2D eigenvalue weighted by Crippen LogP contribution is 2.29. The van der Waals surface area contributed by atoms with Gasteiger partial charge < -0.3 is 4.74 Å². The van der Waals surface area contributed by atoms with Crippen molar-refractivity contribution in [2.45, 2.75) is 19.4 Å². The third-order valence-corrected chi connectivity index (χ3v) is 3.96. The fourth-order valence-electron chi connectivity index (χ4n) is 2.22. The van der Waals surface area contributed by atoms with Gasteiger partial charge in [0.05, 0.1) is 22.7 Å². The minimum absolute atomic E-state index is 0.0648. The number of hydrogen-bond acceptors (Lipinski definition) is 3. The van der Waals surface area contributed by atoms with Crippen LogP contribution in [-0.4, -0.2) is 6.61 Å². The number of ether oxygens (including phenoxy) is 1. The molecule has 2 rings (SSSR count). The number of halogens is 2. The summed E-state index contributed by atoms with van der Waals surface area (Å²) in [6.07, 6.45) is 0.692. The van der Waals surface area contributed by atoms with E-state index < -0.39 is 0 Å². The highest BCUT2D eigenvalue weighted by atomic mass is 35.5. The second-order valence-corrected chi connectivity index (χ2v) is 5.46. The molecule has 1 unspecified atom stereocenters. The van der Waals surface area contributed by atoms with E-state index in [0.29, 0.717) is 23.1 Å². The van der Waals surface area contributed by atoms with E-state index in [9.17, 15) is 0 Å². The predicted molar refractivity (Wildman–Crippen MR) is 87.8 cm³/mol. The van der Waals surface area contributed by atoms with Gasteiger partial charge in [0.1, 0.15) is 5.75 Å². The highest BCUT2D eigenvalue weighted by molar-refractivity contribution is 6.42. The van der Waals surface area contributed by atoms with Gasteiger partial charge in [0.15, 0.2) is 0 Å². The molecule has 21 heavy (non-hydrogen) atoms. The van der Waals surface area contributed by atoms with E-state index in [0.717, 1.165) is 16.9 Å². The van der Waals surface area contributed by atoms with Crippen LogP contribution in [0.4, 0.5) is 0 Å². The zero-order valence-corrected chi connectivity index (χ0v) is 13.3. The van der Waals surface area contributed by atoms with E-state index >= 15 is 0 Å². The third kappa shape index (κ3) is 4.11. The van der Waals surface area contributed by atoms with E-state index in [1.807, 2.05) is 43.3 Å². The van der Waals surface area contributed by atoms with Crippen LogP contribution in [0, 0.1) is 0 Å². The van der Waals surface area contributed by atoms with Gasteiger partial charge in [-0.3, -0.25) is 11.3 Å². The maximum absolute atomic E-state index is 6.06.